The Morgan fingerprint density at radius 3 is 2.75 bits per heavy atom. The molecule has 1 heterocycles. The number of rotatable bonds is 7. The minimum absolute atomic E-state index is 0.0398. The van der Waals surface area contributed by atoms with Crippen LogP contribution in [0, 0.1) is 5.82 Å². The molecule has 8 nitrogen and oxygen atoms in total. The lowest BCUT2D eigenvalue weighted by Gasteiger charge is -2.06. The van der Waals surface area contributed by atoms with Gasteiger partial charge in [0.2, 0.25) is 11.1 Å². The van der Waals surface area contributed by atoms with Crippen LogP contribution in [-0.2, 0) is 4.79 Å². The molecule has 3 rings (SSSR count). The third-order valence-corrected chi connectivity index (χ3v) is 4.56. The highest BCUT2D eigenvalue weighted by Gasteiger charge is 2.12. The van der Waals surface area contributed by atoms with Gasteiger partial charge in [-0.2, -0.15) is 5.10 Å². The fourth-order valence-electron chi connectivity index (χ4n) is 2.22. The van der Waals surface area contributed by atoms with Crippen molar-refractivity contribution < 1.29 is 9.18 Å². The number of carbonyl (C=O) groups excluding carboxylic acids is 1. The molecule has 0 spiro atoms. The number of hydrogen-bond donors (Lipinski definition) is 3. The minimum atomic E-state index is -0.422. The zero-order valence-electron chi connectivity index (χ0n) is 15.0. The Balaban J connectivity index is 1.56. The number of aromatic nitrogens is 3. The SMILES string of the molecule is C/C(=N\Nc1nnc(SCC(=O)Nc2cccc(F)c2)n1N)c1ccccc1. The molecule has 0 bridgehead atoms. The number of nitrogens with zero attached hydrogens (tertiary/aromatic N) is 4. The molecule has 28 heavy (non-hydrogen) atoms. The first-order valence-corrected chi connectivity index (χ1v) is 9.26. The molecule has 0 aliphatic rings. The quantitative estimate of drug-likeness (QED) is 0.244. The standard InChI is InChI=1S/C18H18FN7OS/c1-12(13-6-3-2-4-7-13)22-23-17-24-25-18(26(17)20)28-11-16(27)21-15-9-5-8-14(19)10-15/h2-10H,11,20H2,1H3,(H,21,27)(H,23,24)/b22-12+. The smallest absolute Gasteiger partial charge is 0.264 e. The molecular weight excluding hydrogens is 381 g/mol. The van der Waals surface area contributed by atoms with E-state index in [2.05, 4.69) is 26.0 Å². The van der Waals surface area contributed by atoms with E-state index in [1.54, 1.807) is 6.07 Å². The summed E-state index contributed by atoms with van der Waals surface area (Å²) in [7, 11) is 0. The Kier molecular flexibility index (Phi) is 6.22. The van der Waals surface area contributed by atoms with Gasteiger partial charge >= 0.3 is 0 Å². The van der Waals surface area contributed by atoms with Gasteiger partial charge < -0.3 is 11.2 Å². The Bertz CT molecular complexity index is 991. The van der Waals surface area contributed by atoms with E-state index in [1.165, 1.54) is 22.9 Å². The van der Waals surface area contributed by atoms with Crippen molar-refractivity contribution in [2.24, 2.45) is 5.10 Å². The number of hydrazone groups is 1. The molecular formula is C18H18FN7OS. The van der Waals surface area contributed by atoms with Gasteiger partial charge in [0, 0.05) is 5.69 Å². The molecule has 0 fully saturated rings. The summed E-state index contributed by atoms with van der Waals surface area (Å²) in [4.78, 5) is 12.0. The van der Waals surface area contributed by atoms with Crippen LogP contribution in [0.2, 0.25) is 0 Å². The Morgan fingerprint density at radius 2 is 2.00 bits per heavy atom. The van der Waals surface area contributed by atoms with Gasteiger partial charge in [-0.1, -0.05) is 48.2 Å². The number of nitrogen functional groups attached to an aromatic ring is 1. The van der Waals surface area contributed by atoms with Crippen LogP contribution in [0.15, 0.2) is 64.9 Å². The predicted molar refractivity (Wildman–Crippen MR) is 108 cm³/mol. The summed E-state index contributed by atoms with van der Waals surface area (Å²) in [5.74, 6) is 5.49. The Hall–Kier alpha value is -3.40. The summed E-state index contributed by atoms with van der Waals surface area (Å²) >= 11 is 1.10. The lowest BCUT2D eigenvalue weighted by molar-refractivity contribution is -0.113. The van der Waals surface area contributed by atoms with Crippen molar-refractivity contribution in [2.45, 2.75) is 12.1 Å². The fraction of sp³-hybridized carbons (Fsp3) is 0.111. The van der Waals surface area contributed by atoms with E-state index in [0.29, 0.717) is 10.8 Å². The molecule has 10 heteroatoms. The van der Waals surface area contributed by atoms with Gasteiger partial charge in [0.1, 0.15) is 5.82 Å². The van der Waals surface area contributed by atoms with E-state index in [4.69, 9.17) is 5.84 Å². The summed E-state index contributed by atoms with van der Waals surface area (Å²) in [5.41, 5.74) is 4.86. The molecule has 1 amide bonds. The Labute approximate surface area is 165 Å². The third kappa shape index (κ3) is 5.07. The fourth-order valence-corrected chi connectivity index (χ4v) is 2.88. The highest BCUT2D eigenvalue weighted by molar-refractivity contribution is 7.99. The average molecular weight is 399 g/mol. The first-order chi connectivity index (χ1) is 13.5. The molecule has 0 saturated heterocycles. The minimum Gasteiger partial charge on any atom is -0.334 e. The van der Waals surface area contributed by atoms with Gasteiger partial charge in [0.05, 0.1) is 11.5 Å². The van der Waals surface area contributed by atoms with E-state index in [-0.39, 0.29) is 17.6 Å². The maximum atomic E-state index is 13.1. The lowest BCUT2D eigenvalue weighted by atomic mass is 10.1. The summed E-state index contributed by atoms with van der Waals surface area (Å²) in [6, 6.07) is 15.3. The summed E-state index contributed by atoms with van der Waals surface area (Å²) in [6.07, 6.45) is 0. The van der Waals surface area contributed by atoms with Gasteiger partial charge in [0.15, 0.2) is 0 Å². The number of carbonyl (C=O) groups is 1. The maximum absolute atomic E-state index is 13.1. The average Bonchev–Trinajstić information content (AvgIpc) is 3.05. The van der Waals surface area contributed by atoms with Crippen LogP contribution in [0.25, 0.3) is 0 Å². The van der Waals surface area contributed by atoms with E-state index in [9.17, 15) is 9.18 Å². The van der Waals surface area contributed by atoms with Crippen LogP contribution in [0.3, 0.4) is 0 Å². The van der Waals surface area contributed by atoms with Crippen molar-refractivity contribution in [1.82, 2.24) is 14.9 Å². The topological polar surface area (TPSA) is 110 Å². The number of amides is 1. The maximum Gasteiger partial charge on any atom is 0.264 e. The zero-order valence-corrected chi connectivity index (χ0v) is 15.8. The second kappa shape index (κ2) is 9.00. The van der Waals surface area contributed by atoms with Crippen molar-refractivity contribution in [1.29, 1.82) is 0 Å². The van der Waals surface area contributed by atoms with Gasteiger partial charge in [-0.05, 0) is 30.7 Å². The van der Waals surface area contributed by atoms with Gasteiger partial charge in [0.25, 0.3) is 5.95 Å². The van der Waals surface area contributed by atoms with Crippen LogP contribution in [0.4, 0.5) is 16.0 Å². The molecule has 144 valence electrons. The normalized spacial score (nSPS) is 11.3. The largest absolute Gasteiger partial charge is 0.334 e. The molecule has 0 aliphatic carbocycles. The van der Waals surface area contributed by atoms with Crippen LogP contribution < -0.4 is 16.6 Å². The molecule has 1 aromatic heterocycles. The molecule has 0 unspecified atom stereocenters. The molecule has 0 atom stereocenters. The summed E-state index contributed by atoms with van der Waals surface area (Å²) < 4.78 is 14.4. The van der Waals surface area contributed by atoms with Crippen LogP contribution in [0.5, 0.6) is 0 Å². The van der Waals surface area contributed by atoms with Crippen LogP contribution in [0.1, 0.15) is 12.5 Å². The number of nitrogens with one attached hydrogen (secondary N) is 2. The van der Waals surface area contributed by atoms with E-state index >= 15 is 0 Å². The monoisotopic (exact) mass is 399 g/mol. The lowest BCUT2D eigenvalue weighted by Crippen LogP contribution is -2.17. The predicted octanol–water partition coefficient (Wildman–Crippen LogP) is 2.70. The van der Waals surface area contributed by atoms with Crippen LogP contribution in [-0.4, -0.2) is 32.2 Å². The molecule has 0 aliphatic heterocycles. The number of hydrogen-bond acceptors (Lipinski definition) is 7. The zero-order chi connectivity index (χ0) is 19.9. The van der Waals surface area contributed by atoms with E-state index in [1.807, 2.05) is 37.3 Å². The molecule has 2 aromatic carbocycles. The number of anilines is 2. The van der Waals surface area contributed by atoms with Crippen molar-refractivity contribution >= 4 is 35.0 Å². The number of nitrogens with two attached hydrogens (primary N) is 1. The van der Waals surface area contributed by atoms with Crippen LogP contribution >= 0.6 is 11.8 Å². The Morgan fingerprint density at radius 1 is 1.21 bits per heavy atom. The highest BCUT2D eigenvalue weighted by Crippen LogP contribution is 2.17. The highest BCUT2D eigenvalue weighted by atomic mass is 32.2. The number of halogens is 1. The first kappa shape index (κ1) is 19.4. The van der Waals surface area contributed by atoms with Crippen molar-refractivity contribution in [3.63, 3.8) is 0 Å². The van der Waals surface area contributed by atoms with Crippen molar-refractivity contribution in [2.75, 3.05) is 22.3 Å². The number of benzene rings is 2. The molecule has 0 saturated carbocycles. The van der Waals surface area contributed by atoms with E-state index in [0.717, 1.165) is 23.0 Å². The third-order valence-electron chi connectivity index (χ3n) is 3.62. The van der Waals surface area contributed by atoms with Crippen molar-refractivity contribution in [3.8, 4) is 0 Å². The molecule has 0 radical (unpaired) electrons. The second-order valence-corrected chi connectivity index (χ2v) is 6.64. The first-order valence-electron chi connectivity index (χ1n) is 8.27. The van der Waals surface area contributed by atoms with Crippen molar-refractivity contribution in [3.05, 3.63) is 66.0 Å². The molecule has 4 N–H and O–H groups in total. The summed E-state index contributed by atoms with van der Waals surface area (Å²) in [5, 5.41) is 15.0. The summed E-state index contributed by atoms with van der Waals surface area (Å²) in [6.45, 7) is 1.85. The van der Waals surface area contributed by atoms with Gasteiger partial charge in [-0.25, -0.2) is 14.5 Å². The second-order valence-electron chi connectivity index (χ2n) is 5.70. The van der Waals surface area contributed by atoms with Gasteiger partial charge in [-0.15, -0.1) is 10.2 Å². The van der Waals surface area contributed by atoms with Gasteiger partial charge in [-0.3, -0.25) is 4.79 Å². The molecule has 3 aromatic rings. The van der Waals surface area contributed by atoms with E-state index < -0.39 is 5.82 Å². The number of thioether (sulfide) groups is 1.